The number of aromatic nitrogens is 2. The smallest absolute Gasteiger partial charge is 0.110 e. The third-order valence-electron chi connectivity index (χ3n) is 1.74. The van der Waals surface area contributed by atoms with Gasteiger partial charge in [-0.3, -0.25) is 0 Å². The Balaban J connectivity index is 2.92. The summed E-state index contributed by atoms with van der Waals surface area (Å²) in [6.45, 7) is 1.94. The minimum Gasteiger partial charge on any atom is -0.301 e. The zero-order chi connectivity index (χ0) is 8.72. The van der Waals surface area contributed by atoms with Crippen LogP contribution in [0.1, 0.15) is 5.82 Å². The Bertz CT molecular complexity index is 436. The Morgan fingerprint density at radius 3 is 3.08 bits per heavy atom. The maximum absolute atomic E-state index is 5.98. The molecule has 2 aromatic rings. The van der Waals surface area contributed by atoms with Gasteiger partial charge in [-0.1, -0.05) is 11.6 Å². The van der Waals surface area contributed by atoms with Crippen LogP contribution in [0.5, 0.6) is 0 Å². The van der Waals surface area contributed by atoms with Crippen LogP contribution in [0, 0.1) is 6.92 Å². The molecule has 0 N–H and O–H groups in total. The second-order valence-electron chi connectivity index (χ2n) is 2.57. The van der Waals surface area contributed by atoms with E-state index in [2.05, 4.69) is 20.9 Å². The van der Waals surface area contributed by atoms with Crippen LogP contribution in [0.25, 0.3) is 5.52 Å². The fourth-order valence-corrected chi connectivity index (χ4v) is 1.97. The van der Waals surface area contributed by atoms with Gasteiger partial charge < -0.3 is 4.40 Å². The van der Waals surface area contributed by atoms with E-state index >= 15 is 0 Å². The van der Waals surface area contributed by atoms with Gasteiger partial charge in [-0.15, -0.1) is 0 Å². The first kappa shape index (κ1) is 8.08. The topological polar surface area (TPSA) is 17.3 Å². The Kier molecular flexibility index (Phi) is 1.85. The quantitative estimate of drug-likeness (QED) is 0.697. The van der Waals surface area contributed by atoms with Gasteiger partial charge in [0, 0.05) is 10.7 Å². The molecule has 0 amide bonds. The van der Waals surface area contributed by atoms with Crippen molar-refractivity contribution >= 4 is 33.0 Å². The van der Waals surface area contributed by atoms with E-state index in [9.17, 15) is 0 Å². The van der Waals surface area contributed by atoms with Crippen LogP contribution in [0.15, 0.2) is 22.9 Å². The Hall–Kier alpha value is -0.540. The highest BCUT2D eigenvalue weighted by Gasteiger charge is 2.03. The van der Waals surface area contributed by atoms with Crippen LogP contribution < -0.4 is 0 Å². The third-order valence-corrected chi connectivity index (χ3v) is 2.48. The van der Waals surface area contributed by atoms with Gasteiger partial charge in [0.15, 0.2) is 0 Å². The van der Waals surface area contributed by atoms with Crippen LogP contribution >= 0.6 is 27.5 Å². The van der Waals surface area contributed by atoms with Crippen LogP contribution in [-0.4, -0.2) is 9.38 Å². The molecule has 0 aliphatic heterocycles. The van der Waals surface area contributed by atoms with Gasteiger partial charge in [0.25, 0.3) is 0 Å². The third kappa shape index (κ3) is 1.13. The molecular weight excluding hydrogens is 239 g/mol. The minimum absolute atomic E-state index is 0.713. The molecule has 2 rings (SSSR count). The number of hydrogen-bond acceptors (Lipinski definition) is 1. The molecule has 0 bridgehead atoms. The first-order valence-electron chi connectivity index (χ1n) is 3.47. The number of rotatable bonds is 0. The predicted octanol–water partition coefficient (Wildman–Crippen LogP) is 3.06. The number of nitrogens with zero attached hydrogens (tertiary/aromatic N) is 2. The molecule has 0 aliphatic carbocycles. The summed E-state index contributed by atoms with van der Waals surface area (Å²) < 4.78 is 2.91. The van der Waals surface area contributed by atoms with E-state index < -0.39 is 0 Å². The highest BCUT2D eigenvalue weighted by molar-refractivity contribution is 9.10. The molecule has 0 atom stereocenters. The van der Waals surface area contributed by atoms with E-state index in [1.807, 2.05) is 23.6 Å². The van der Waals surface area contributed by atoms with E-state index in [4.69, 9.17) is 11.6 Å². The molecule has 0 saturated carbocycles. The largest absolute Gasteiger partial charge is 0.301 e. The van der Waals surface area contributed by atoms with E-state index in [1.54, 1.807) is 6.20 Å². The Labute approximate surface area is 83.3 Å². The number of fused-ring (bicyclic) bond motifs is 1. The lowest BCUT2D eigenvalue weighted by atomic mass is 10.4. The van der Waals surface area contributed by atoms with Crippen LogP contribution in [-0.2, 0) is 0 Å². The maximum atomic E-state index is 5.98. The Morgan fingerprint density at radius 1 is 1.58 bits per heavy atom. The van der Waals surface area contributed by atoms with Gasteiger partial charge in [-0.25, -0.2) is 4.98 Å². The van der Waals surface area contributed by atoms with Crippen molar-refractivity contribution in [2.45, 2.75) is 6.92 Å². The molecule has 0 saturated heterocycles. The normalized spacial score (nSPS) is 10.9. The van der Waals surface area contributed by atoms with Gasteiger partial charge in [-0.05, 0) is 28.9 Å². The molecule has 4 heteroatoms. The molecule has 12 heavy (non-hydrogen) atoms. The van der Waals surface area contributed by atoms with Gasteiger partial charge in [0.2, 0.25) is 0 Å². The predicted molar refractivity (Wildman–Crippen MR) is 52.6 cm³/mol. The molecule has 2 nitrogen and oxygen atoms in total. The highest BCUT2D eigenvalue weighted by Crippen LogP contribution is 2.22. The van der Waals surface area contributed by atoms with E-state index in [-0.39, 0.29) is 0 Å². The van der Waals surface area contributed by atoms with Crippen LogP contribution in [0.3, 0.4) is 0 Å². The fourth-order valence-electron chi connectivity index (χ4n) is 1.15. The summed E-state index contributed by atoms with van der Waals surface area (Å²) in [5.41, 5.74) is 0.942. The van der Waals surface area contributed by atoms with Crippen LogP contribution in [0.4, 0.5) is 0 Å². The summed E-state index contributed by atoms with van der Waals surface area (Å²) in [6.07, 6.45) is 3.72. The summed E-state index contributed by atoms with van der Waals surface area (Å²) in [5, 5.41) is 0.713. The summed E-state index contributed by atoms with van der Waals surface area (Å²) in [5.74, 6) is 0.938. The van der Waals surface area contributed by atoms with E-state index in [0.717, 1.165) is 15.8 Å². The lowest BCUT2D eigenvalue weighted by molar-refractivity contribution is 1.04. The molecule has 2 heterocycles. The van der Waals surface area contributed by atoms with Gasteiger partial charge in [0.05, 0.1) is 16.7 Å². The van der Waals surface area contributed by atoms with E-state index in [1.165, 1.54) is 0 Å². The summed E-state index contributed by atoms with van der Waals surface area (Å²) in [4.78, 5) is 4.16. The lowest BCUT2D eigenvalue weighted by Gasteiger charge is -1.99. The molecule has 62 valence electrons. The van der Waals surface area contributed by atoms with E-state index in [0.29, 0.717) is 5.02 Å². The lowest BCUT2D eigenvalue weighted by Crippen LogP contribution is -1.87. The number of imidazole rings is 1. The number of pyridine rings is 1. The minimum atomic E-state index is 0.713. The Morgan fingerprint density at radius 2 is 2.33 bits per heavy atom. The molecule has 0 unspecified atom stereocenters. The second-order valence-corrected chi connectivity index (χ2v) is 3.89. The van der Waals surface area contributed by atoms with Gasteiger partial charge in [0.1, 0.15) is 5.82 Å². The number of halogens is 2. The zero-order valence-corrected chi connectivity index (χ0v) is 8.72. The van der Waals surface area contributed by atoms with Crippen molar-refractivity contribution in [3.05, 3.63) is 33.8 Å². The molecule has 0 spiro atoms. The summed E-state index contributed by atoms with van der Waals surface area (Å²) in [6, 6.07) is 1.86. The van der Waals surface area contributed by atoms with Crippen molar-refractivity contribution in [3.63, 3.8) is 0 Å². The van der Waals surface area contributed by atoms with Crippen molar-refractivity contribution in [2.24, 2.45) is 0 Å². The highest BCUT2D eigenvalue weighted by atomic mass is 79.9. The van der Waals surface area contributed by atoms with Crippen molar-refractivity contribution in [2.75, 3.05) is 0 Å². The average Bonchev–Trinajstić information content (AvgIpc) is 2.33. The van der Waals surface area contributed by atoms with Crippen molar-refractivity contribution < 1.29 is 0 Å². The molecule has 0 radical (unpaired) electrons. The number of hydrogen-bond donors (Lipinski definition) is 0. The molecule has 0 fully saturated rings. The maximum Gasteiger partial charge on any atom is 0.110 e. The monoisotopic (exact) mass is 244 g/mol. The van der Waals surface area contributed by atoms with Crippen molar-refractivity contribution in [1.29, 1.82) is 0 Å². The second kappa shape index (κ2) is 2.75. The molecule has 0 aromatic carbocycles. The molecular formula is C8H6BrClN2. The van der Waals surface area contributed by atoms with Gasteiger partial charge >= 0.3 is 0 Å². The van der Waals surface area contributed by atoms with Gasteiger partial charge in [-0.2, -0.15) is 0 Å². The molecule has 0 aliphatic rings. The fraction of sp³-hybridized carbons (Fsp3) is 0.125. The summed E-state index contributed by atoms with van der Waals surface area (Å²) >= 11 is 9.35. The average molecular weight is 246 g/mol. The first-order valence-corrected chi connectivity index (χ1v) is 4.64. The zero-order valence-electron chi connectivity index (χ0n) is 6.38. The SMILES string of the molecule is Cc1ncc2c(Cl)cc(Br)cn12. The number of aryl methyl sites for hydroxylation is 1. The summed E-state index contributed by atoms with van der Waals surface area (Å²) in [7, 11) is 0. The first-order chi connectivity index (χ1) is 5.68. The standard InChI is InChI=1S/C8H6BrClN2/c1-5-11-3-8-7(10)2-6(9)4-12(5)8/h2-4H,1H3. The van der Waals surface area contributed by atoms with Crippen LogP contribution in [0.2, 0.25) is 5.02 Å². The van der Waals surface area contributed by atoms with Crippen molar-refractivity contribution in [3.8, 4) is 0 Å². The van der Waals surface area contributed by atoms with Crippen molar-refractivity contribution in [1.82, 2.24) is 9.38 Å². The molecule has 2 aromatic heterocycles.